The van der Waals surface area contributed by atoms with Gasteiger partial charge in [0, 0.05) is 47.3 Å². The number of hydrogen-bond acceptors (Lipinski definition) is 6. The number of nitrogens with zero attached hydrogens (tertiary/aromatic N) is 5. The molecule has 0 unspecified atom stereocenters. The highest BCUT2D eigenvalue weighted by Crippen LogP contribution is 2.32. The molecule has 0 aliphatic carbocycles. The molecule has 0 amide bonds. The monoisotopic (exact) mass is 425 g/mol. The van der Waals surface area contributed by atoms with Gasteiger partial charge in [0.2, 0.25) is 0 Å². The molecule has 30 heavy (non-hydrogen) atoms. The van der Waals surface area contributed by atoms with Crippen LogP contribution in [0.25, 0.3) is 11.3 Å². The van der Waals surface area contributed by atoms with Gasteiger partial charge in [-0.05, 0) is 35.6 Å². The molecule has 2 aromatic heterocycles. The van der Waals surface area contributed by atoms with E-state index in [9.17, 15) is 10.1 Å². The van der Waals surface area contributed by atoms with Gasteiger partial charge in [0.15, 0.2) is 0 Å². The van der Waals surface area contributed by atoms with Gasteiger partial charge < -0.3 is 14.9 Å². The van der Waals surface area contributed by atoms with Gasteiger partial charge in [-0.3, -0.25) is 14.5 Å². The molecule has 2 aliphatic heterocycles. The highest BCUT2D eigenvalue weighted by atomic mass is 35.5. The van der Waals surface area contributed by atoms with E-state index in [0.717, 1.165) is 36.5 Å². The van der Waals surface area contributed by atoms with Gasteiger partial charge in [0.25, 0.3) is 0 Å². The first-order valence-electron chi connectivity index (χ1n) is 9.76. The molecule has 2 aliphatic rings. The zero-order valence-electron chi connectivity index (χ0n) is 16.4. The van der Waals surface area contributed by atoms with Gasteiger partial charge in [0.1, 0.15) is 11.8 Å². The lowest BCUT2D eigenvalue weighted by molar-refractivity contribution is -0.389. The van der Waals surface area contributed by atoms with E-state index in [1.807, 2.05) is 37.3 Å². The standard InChI is InChI=1S/C21H20ClN5O3/c1-21(13-26-11-19(27(28)29)24-20(26)30-21)12-25-9-8-18-15(10-25)4-7-17(23-18)14-2-5-16(22)6-3-14/h2-7,11H,8-10,12-13H2,1H3/t21-/m1/s1. The average molecular weight is 426 g/mol. The molecule has 0 fully saturated rings. The van der Waals surface area contributed by atoms with Crippen LogP contribution in [0.2, 0.25) is 5.02 Å². The zero-order valence-corrected chi connectivity index (χ0v) is 17.2. The predicted molar refractivity (Wildman–Crippen MR) is 112 cm³/mol. The van der Waals surface area contributed by atoms with E-state index in [2.05, 4.69) is 16.0 Å². The number of rotatable bonds is 4. The Morgan fingerprint density at radius 3 is 2.77 bits per heavy atom. The molecular formula is C21H20ClN5O3. The summed E-state index contributed by atoms with van der Waals surface area (Å²) in [6.45, 7) is 4.95. The maximum atomic E-state index is 10.9. The fourth-order valence-corrected chi connectivity index (χ4v) is 4.35. The van der Waals surface area contributed by atoms with E-state index in [1.54, 1.807) is 4.57 Å². The van der Waals surface area contributed by atoms with E-state index >= 15 is 0 Å². The van der Waals surface area contributed by atoms with Crippen molar-refractivity contribution in [1.29, 1.82) is 0 Å². The minimum atomic E-state index is -0.501. The molecule has 0 saturated carbocycles. The summed E-state index contributed by atoms with van der Waals surface area (Å²) in [4.78, 5) is 21.6. The number of fused-ring (bicyclic) bond motifs is 2. The second-order valence-corrected chi connectivity index (χ2v) is 8.52. The van der Waals surface area contributed by atoms with E-state index < -0.39 is 10.5 Å². The first-order chi connectivity index (χ1) is 14.4. The van der Waals surface area contributed by atoms with E-state index in [-0.39, 0.29) is 5.82 Å². The fraction of sp³-hybridized carbons (Fsp3) is 0.333. The van der Waals surface area contributed by atoms with Crippen LogP contribution in [0.1, 0.15) is 18.2 Å². The predicted octanol–water partition coefficient (Wildman–Crippen LogP) is 3.72. The SMILES string of the molecule is C[C@@]1(CN2CCc3nc(-c4ccc(Cl)cc4)ccc3C2)Cn2cc([N+](=O)[O-])nc2O1. The summed E-state index contributed by atoms with van der Waals surface area (Å²) < 4.78 is 7.70. The van der Waals surface area contributed by atoms with Crippen molar-refractivity contribution in [2.45, 2.75) is 32.0 Å². The van der Waals surface area contributed by atoms with Crippen molar-refractivity contribution in [2.75, 3.05) is 13.1 Å². The molecule has 0 spiro atoms. The minimum Gasteiger partial charge on any atom is -0.436 e. The zero-order chi connectivity index (χ0) is 20.9. The molecular weight excluding hydrogens is 406 g/mol. The van der Waals surface area contributed by atoms with E-state index in [4.69, 9.17) is 21.3 Å². The Morgan fingerprint density at radius 2 is 2.03 bits per heavy atom. The molecule has 1 aromatic carbocycles. The number of ether oxygens (including phenoxy) is 1. The van der Waals surface area contributed by atoms with E-state index in [1.165, 1.54) is 11.8 Å². The van der Waals surface area contributed by atoms with E-state index in [0.29, 0.717) is 24.1 Å². The number of aromatic nitrogens is 3. The van der Waals surface area contributed by atoms with Crippen LogP contribution in [-0.4, -0.2) is 43.0 Å². The van der Waals surface area contributed by atoms with Crippen LogP contribution in [0.15, 0.2) is 42.6 Å². The van der Waals surface area contributed by atoms with Crippen molar-refractivity contribution in [2.24, 2.45) is 0 Å². The van der Waals surface area contributed by atoms with Crippen molar-refractivity contribution < 1.29 is 9.66 Å². The van der Waals surface area contributed by atoms with Crippen LogP contribution in [-0.2, 0) is 19.5 Å². The molecule has 3 aromatic rings. The molecule has 5 rings (SSSR count). The molecule has 0 N–H and O–H groups in total. The van der Waals surface area contributed by atoms with Gasteiger partial charge in [-0.25, -0.2) is 0 Å². The minimum absolute atomic E-state index is 0.179. The summed E-state index contributed by atoms with van der Waals surface area (Å²) >= 11 is 5.98. The Balaban J connectivity index is 1.27. The third kappa shape index (κ3) is 3.53. The maximum absolute atomic E-state index is 10.9. The van der Waals surface area contributed by atoms with Crippen molar-refractivity contribution in [1.82, 2.24) is 19.4 Å². The number of nitro groups is 1. The molecule has 4 heterocycles. The summed E-state index contributed by atoms with van der Waals surface area (Å²) in [6.07, 6.45) is 2.30. The third-order valence-electron chi connectivity index (χ3n) is 5.58. The molecule has 0 bridgehead atoms. The smallest absolute Gasteiger partial charge is 0.415 e. The Labute approximate surface area is 178 Å². The molecule has 8 nitrogen and oxygen atoms in total. The normalized spacial score (nSPS) is 20.5. The fourth-order valence-electron chi connectivity index (χ4n) is 4.23. The summed E-state index contributed by atoms with van der Waals surface area (Å²) in [6, 6.07) is 12.2. The Bertz CT molecular complexity index is 1100. The number of hydrogen-bond donors (Lipinski definition) is 0. The summed E-state index contributed by atoms with van der Waals surface area (Å²) in [7, 11) is 0. The Hall–Kier alpha value is -2.97. The molecule has 0 saturated heterocycles. The van der Waals surface area contributed by atoms with Crippen LogP contribution in [0.3, 0.4) is 0 Å². The first kappa shape index (κ1) is 19.0. The second kappa shape index (κ2) is 7.07. The van der Waals surface area contributed by atoms with Crippen LogP contribution >= 0.6 is 11.6 Å². The lowest BCUT2D eigenvalue weighted by Crippen LogP contribution is -2.46. The molecule has 1 atom stereocenters. The maximum Gasteiger partial charge on any atom is 0.415 e. The highest BCUT2D eigenvalue weighted by molar-refractivity contribution is 6.30. The molecule has 0 radical (unpaired) electrons. The van der Waals surface area contributed by atoms with Crippen molar-refractivity contribution in [3.05, 3.63) is 69.0 Å². The second-order valence-electron chi connectivity index (χ2n) is 8.09. The van der Waals surface area contributed by atoms with Crippen LogP contribution < -0.4 is 4.74 Å². The van der Waals surface area contributed by atoms with Gasteiger partial charge in [-0.1, -0.05) is 29.8 Å². The number of pyridine rings is 1. The Morgan fingerprint density at radius 1 is 1.23 bits per heavy atom. The number of imidazole rings is 1. The lowest BCUT2D eigenvalue weighted by Gasteiger charge is -2.34. The van der Waals surface area contributed by atoms with Crippen molar-refractivity contribution in [3.63, 3.8) is 0 Å². The number of benzene rings is 1. The lowest BCUT2D eigenvalue weighted by atomic mass is 10.0. The molecule has 154 valence electrons. The quantitative estimate of drug-likeness (QED) is 0.467. The summed E-state index contributed by atoms with van der Waals surface area (Å²) in [5.41, 5.74) is 3.89. The Kier molecular flexibility index (Phi) is 4.48. The average Bonchev–Trinajstić information content (AvgIpc) is 3.23. The van der Waals surface area contributed by atoms with Crippen LogP contribution in [0, 0.1) is 10.1 Å². The van der Waals surface area contributed by atoms with Gasteiger partial charge in [0.05, 0.1) is 12.2 Å². The third-order valence-corrected chi connectivity index (χ3v) is 5.83. The van der Waals surface area contributed by atoms with Gasteiger partial charge in [-0.15, -0.1) is 0 Å². The summed E-state index contributed by atoms with van der Waals surface area (Å²) in [5, 5.41) is 11.6. The van der Waals surface area contributed by atoms with Gasteiger partial charge >= 0.3 is 11.8 Å². The van der Waals surface area contributed by atoms with Crippen LogP contribution in [0.4, 0.5) is 5.82 Å². The summed E-state index contributed by atoms with van der Waals surface area (Å²) in [5.74, 6) is -0.179. The topological polar surface area (TPSA) is 86.3 Å². The van der Waals surface area contributed by atoms with Crippen molar-refractivity contribution in [3.8, 4) is 17.3 Å². The van der Waals surface area contributed by atoms with Gasteiger partial charge in [-0.2, -0.15) is 0 Å². The highest BCUT2D eigenvalue weighted by Gasteiger charge is 2.41. The molecule has 9 heteroatoms. The van der Waals surface area contributed by atoms with Crippen molar-refractivity contribution >= 4 is 17.4 Å². The first-order valence-corrected chi connectivity index (χ1v) is 10.1. The largest absolute Gasteiger partial charge is 0.436 e. The van der Waals surface area contributed by atoms with Crippen LogP contribution in [0.5, 0.6) is 6.01 Å². The number of halogens is 1.